The van der Waals surface area contributed by atoms with E-state index in [-0.39, 0.29) is 17.2 Å². The first-order valence-corrected chi connectivity index (χ1v) is 6.96. The Bertz CT molecular complexity index is 268. The second kappa shape index (κ2) is 5.82. The van der Waals surface area contributed by atoms with Gasteiger partial charge in [0, 0.05) is 12.6 Å². The number of hydrogen-bond donors (Lipinski definition) is 2. The van der Waals surface area contributed by atoms with Gasteiger partial charge in [0.15, 0.2) is 0 Å². The Hall–Kier alpha value is -0.130. The Morgan fingerprint density at radius 3 is 2.20 bits per heavy atom. The highest BCUT2D eigenvalue weighted by molar-refractivity contribution is 7.89. The molecule has 0 radical (unpaired) electrons. The van der Waals surface area contributed by atoms with Crippen LogP contribution in [0.2, 0.25) is 0 Å². The monoisotopic (exact) mass is 236 g/mol. The number of hydrogen-bond acceptors (Lipinski definition) is 3. The molecule has 0 aliphatic rings. The van der Waals surface area contributed by atoms with E-state index in [2.05, 4.69) is 10.0 Å². The van der Waals surface area contributed by atoms with Crippen molar-refractivity contribution in [1.29, 1.82) is 0 Å². The summed E-state index contributed by atoms with van der Waals surface area (Å²) < 4.78 is 25.7. The van der Waals surface area contributed by atoms with Gasteiger partial charge < -0.3 is 5.32 Å². The predicted molar refractivity (Wildman–Crippen MR) is 64.4 cm³/mol. The zero-order valence-corrected chi connectivity index (χ0v) is 11.2. The van der Waals surface area contributed by atoms with Crippen molar-refractivity contribution in [2.24, 2.45) is 5.41 Å². The van der Waals surface area contributed by atoms with Crippen LogP contribution in [0.15, 0.2) is 0 Å². The molecule has 1 unspecified atom stereocenters. The van der Waals surface area contributed by atoms with Gasteiger partial charge in [-0.3, -0.25) is 0 Å². The van der Waals surface area contributed by atoms with Crippen molar-refractivity contribution in [3.63, 3.8) is 0 Å². The van der Waals surface area contributed by atoms with Gasteiger partial charge in [0.2, 0.25) is 10.0 Å². The van der Waals surface area contributed by atoms with Crippen molar-refractivity contribution in [2.75, 3.05) is 19.3 Å². The quantitative estimate of drug-likeness (QED) is 0.722. The van der Waals surface area contributed by atoms with Crippen LogP contribution in [0.5, 0.6) is 0 Å². The van der Waals surface area contributed by atoms with Crippen molar-refractivity contribution in [2.45, 2.75) is 40.2 Å². The van der Waals surface area contributed by atoms with Crippen molar-refractivity contribution in [3.8, 4) is 0 Å². The molecule has 1 atom stereocenters. The van der Waals surface area contributed by atoms with Crippen molar-refractivity contribution < 1.29 is 8.42 Å². The molecule has 0 saturated heterocycles. The van der Waals surface area contributed by atoms with Crippen LogP contribution in [-0.2, 0) is 10.0 Å². The van der Waals surface area contributed by atoms with Crippen molar-refractivity contribution in [3.05, 3.63) is 0 Å². The number of rotatable bonds is 6. The molecular formula is C10H24N2O2S. The predicted octanol–water partition coefficient (Wildman–Crippen LogP) is 0.950. The minimum Gasteiger partial charge on any atom is -0.316 e. The third kappa shape index (κ3) is 8.84. The summed E-state index contributed by atoms with van der Waals surface area (Å²) in [6.07, 6.45) is 0.677. The summed E-state index contributed by atoms with van der Waals surface area (Å²) in [5, 5.41) is 2.98. The third-order valence-electron chi connectivity index (χ3n) is 2.22. The largest absolute Gasteiger partial charge is 0.316 e. The van der Waals surface area contributed by atoms with Gasteiger partial charge in [-0.25, -0.2) is 13.1 Å². The standard InChI is InChI=1S/C10H24N2O2S/c1-9(11-5)8-12-15(13,14)7-6-10(2,3)4/h9,11-12H,6-8H2,1-5H3. The third-order valence-corrected chi connectivity index (χ3v) is 3.57. The van der Waals surface area contributed by atoms with Gasteiger partial charge in [0.25, 0.3) is 0 Å². The Labute approximate surface area is 93.9 Å². The van der Waals surface area contributed by atoms with Gasteiger partial charge in [-0.05, 0) is 25.8 Å². The lowest BCUT2D eigenvalue weighted by Crippen LogP contribution is -2.38. The fourth-order valence-corrected chi connectivity index (χ4v) is 2.40. The molecule has 0 aromatic rings. The van der Waals surface area contributed by atoms with Crippen molar-refractivity contribution >= 4 is 10.0 Å². The summed E-state index contributed by atoms with van der Waals surface area (Å²) in [5.74, 6) is 0.201. The van der Waals surface area contributed by atoms with Crippen LogP contribution in [0.1, 0.15) is 34.1 Å². The minimum absolute atomic E-state index is 0.0589. The van der Waals surface area contributed by atoms with Gasteiger partial charge >= 0.3 is 0 Å². The number of likely N-dealkylation sites (N-methyl/N-ethyl adjacent to an activating group) is 1. The van der Waals surface area contributed by atoms with Gasteiger partial charge in [-0.1, -0.05) is 20.8 Å². The molecule has 2 N–H and O–H groups in total. The van der Waals surface area contributed by atoms with E-state index in [1.165, 1.54) is 0 Å². The Balaban J connectivity index is 3.99. The minimum atomic E-state index is -3.11. The van der Waals surface area contributed by atoms with Gasteiger partial charge in [0.05, 0.1) is 5.75 Å². The molecule has 0 heterocycles. The fraction of sp³-hybridized carbons (Fsp3) is 1.00. The normalized spacial score (nSPS) is 15.3. The first-order valence-electron chi connectivity index (χ1n) is 5.31. The molecule has 0 aliphatic heterocycles. The second-order valence-electron chi connectivity index (χ2n) is 5.17. The first kappa shape index (κ1) is 14.9. The molecule has 0 fully saturated rings. The second-order valence-corrected chi connectivity index (χ2v) is 7.09. The smallest absolute Gasteiger partial charge is 0.211 e. The number of sulfonamides is 1. The van der Waals surface area contributed by atoms with E-state index < -0.39 is 10.0 Å². The van der Waals surface area contributed by atoms with Crippen LogP contribution in [0.3, 0.4) is 0 Å². The Kier molecular flexibility index (Phi) is 5.77. The van der Waals surface area contributed by atoms with Crippen molar-refractivity contribution in [1.82, 2.24) is 10.0 Å². The molecule has 0 bridgehead atoms. The molecule has 4 nitrogen and oxygen atoms in total. The maximum atomic E-state index is 11.6. The maximum absolute atomic E-state index is 11.6. The lowest BCUT2D eigenvalue weighted by Gasteiger charge is -2.18. The van der Waals surface area contributed by atoms with E-state index in [1.54, 1.807) is 0 Å². The van der Waals surface area contributed by atoms with E-state index in [4.69, 9.17) is 0 Å². The topological polar surface area (TPSA) is 58.2 Å². The lowest BCUT2D eigenvalue weighted by molar-refractivity contribution is 0.396. The molecular weight excluding hydrogens is 212 g/mol. The van der Waals surface area contributed by atoms with E-state index >= 15 is 0 Å². The van der Waals surface area contributed by atoms with Gasteiger partial charge in [-0.15, -0.1) is 0 Å². The molecule has 92 valence electrons. The van der Waals surface area contributed by atoms with E-state index in [1.807, 2.05) is 34.7 Å². The summed E-state index contributed by atoms with van der Waals surface area (Å²) >= 11 is 0. The molecule has 0 aliphatic carbocycles. The van der Waals surface area contributed by atoms with Gasteiger partial charge in [0.1, 0.15) is 0 Å². The highest BCUT2D eigenvalue weighted by Gasteiger charge is 2.17. The summed E-state index contributed by atoms with van der Waals surface area (Å²) in [7, 11) is -1.30. The average Bonchev–Trinajstić information content (AvgIpc) is 2.10. The summed E-state index contributed by atoms with van der Waals surface area (Å²) in [4.78, 5) is 0. The summed E-state index contributed by atoms with van der Waals surface area (Å²) in [6.45, 7) is 8.51. The first-order chi connectivity index (χ1) is 6.66. The Morgan fingerprint density at radius 1 is 1.27 bits per heavy atom. The molecule has 0 aromatic carbocycles. The van der Waals surface area contributed by atoms with Crippen LogP contribution in [0.25, 0.3) is 0 Å². The maximum Gasteiger partial charge on any atom is 0.211 e. The molecule has 0 rings (SSSR count). The van der Waals surface area contributed by atoms with Gasteiger partial charge in [-0.2, -0.15) is 0 Å². The highest BCUT2D eigenvalue weighted by Crippen LogP contribution is 2.18. The van der Waals surface area contributed by atoms with Crippen LogP contribution >= 0.6 is 0 Å². The van der Waals surface area contributed by atoms with E-state index in [0.29, 0.717) is 13.0 Å². The molecule has 5 heteroatoms. The highest BCUT2D eigenvalue weighted by atomic mass is 32.2. The van der Waals surface area contributed by atoms with Crippen LogP contribution in [0, 0.1) is 5.41 Å². The van der Waals surface area contributed by atoms with Crippen LogP contribution in [0.4, 0.5) is 0 Å². The zero-order valence-electron chi connectivity index (χ0n) is 10.4. The SMILES string of the molecule is CNC(C)CNS(=O)(=O)CCC(C)(C)C. The number of nitrogens with one attached hydrogen (secondary N) is 2. The van der Waals surface area contributed by atoms with Crippen LogP contribution in [-0.4, -0.2) is 33.8 Å². The average molecular weight is 236 g/mol. The summed E-state index contributed by atoms with van der Waals surface area (Å²) in [5.41, 5.74) is 0.0589. The fourth-order valence-electron chi connectivity index (χ4n) is 0.867. The molecule has 0 spiro atoms. The molecule has 0 amide bonds. The Morgan fingerprint density at radius 2 is 1.80 bits per heavy atom. The molecule has 0 saturated carbocycles. The molecule has 15 heavy (non-hydrogen) atoms. The molecule has 0 aromatic heterocycles. The van der Waals surface area contributed by atoms with E-state index in [9.17, 15) is 8.42 Å². The van der Waals surface area contributed by atoms with Crippen LogP contribution < -0.4 is 10.0 Å². The summed E-state index contributed by atoms with van der Waals surface area (Å²) in [6, 6.07) is 0.161. The zero-order chi connectivity index (χ0) is 12.1. The lowest BCUT2D eigenvalue weighted by atomic mass is 9.94. The van der Waals surface area contributed by atoms with E-state index in [0.717, 1.165) is 0 Å².